The summed E-state index contributed by atoms with van der Waals surface area (Å²) in [7, 11) is 0. The molecule has 0 spiro atoms. The zero-order valence-electron chi connectivity index (χ0n) is 14.2. The van der Waals surface area contributed by atoms with E-state index in [0.717, 1.165) is 11.8 Å². The van der Waals surface area contributed by atoms with Crippen molar-refractivity contribution in [2.24, 2.45) is 0 Å². The van der Waals surface area contributed by atoms with Gasteiger partial charge in [-0.15, -0.1) is 6.58 Å². The maximum absolute atomic E-state index is 13.3. The predicted molar refractivity (Wildman–Crippen MR) is 88.0 cm³/mol. The first kappa shape index (κ1) is 16.9. The second-order valence-electron chi connectivity index (χ2n) is 6.51. The Balaban J connectivity index is 2.35. The molecular weight excluding hydrogens is 315 g/mol. The van der Waals surface area contributed by atoms with Gasteiger partial charge < -0.3 is 4.90 Å². The molecule has 2 aliphatic heterocycles. The van der Waals surface area contributed by atoms with Crippen LogP contribution in [-0.4, -0.2) is 20.2 Å². The number of allylic oxidation sites excluding steroid dienone is 2. The summed E-state index contributed by atoms with van der Waals surface area (Å²) in [4.78, 5) is 2.07. The van der Waals surface area contributed by atoms with Crippen molar-refractivity contribution in [2.45, 2.75) is 57.3 Å². The molecule has 0 saturated carbocycles. The Hall–Kier alpha value is -1.98. The number of halogens is 3. The van der Waals surface area contributed by atoms with E-state index in [2.05, 4.69) is 16.6 Å². The average Bonchev–Trinajstić information content (AvgIpc) is 3.02. The van der Waals surface area contributed by atoms with Gasteiger partial charge in [-0.05, 0) is 32.3 Å². The van der Waals surface area contributed by atoms with Crippen LogP contribution in [0.15, 0.2) is 37.1 Å². The van der Waals surface area contributed by atoms with Crippen LogP contribution in [0.5, 0.6) is 0 Å². The molecule has 0 aromatic carbocycles. The van der Waals surface area contributed by atoms with Gasteiger partial charge in [0.25, 0.3) is 0 Å². The standard InChI is InChI=1S/C18H22F3N3/c1-5-16(4)17(6-2,7-3)23-11-9-8-10-13(23)14-12-15(18(19,20)21)22-24(14)16/h6,9-12H,2,5,7-8H2,1,3-4H3. The molecule has 2 aliphatic rings. The number of aromatic nitrogens is 2. The van der Waals surface area contributed by atoms with E-state index in [1.807, 2.05) is 45.2 Å². The van der Waals surface area contributed by atoms with Gasteiger partial charge in [-0.3, -0.25) is 4.68 Å². The van der Waals surface area contributed by atoms with Crippen LogP contribution in [-0.2, 0) is 11.7 Å². The second-order valence-corrected chi connectivity index (χ2v) is 6.51. The van der Waals surface area contributed by atoms with Crippen molar-refractivity contribution < 1.29 is 13.2 Å². The molecule has 3 nitrogen and oxygen atoms in total. The summed E-state index contributed by atoms with van der Waals surface area (Å²) < 4.78 is 41.4. The summed E-state index contributed by atoms with van der Waals surface area (Å²) in [5.74, 6) is 0. The first-order chi connectivity index (χ1) is 11.2. The number of alkyl halides is 3. The van der Waals surface area contributed by atoms with Crippen LogP contribution in [0.1, 0.15) is 51.4 Å². The van der Waals surface area contributed by atoms with Crippen LogP contribution in [0.3, 0.4) is 0 Å². The molecule has 0 N–H and O–H groups in total. The van der Waals surface area contributed by atoms with Crippen molar-refractivity contribution in [1.29, 1.82) is 0 Å². The lowest BCUT2D eigenvalue weighted by Gasteiger charge is -2.57. The Bertz CT molecular complexity index is 728. The SMILES string of the molecule is C=CC1(CC)N2C=CCC=C2c2cc(C(F)(F)F)nn2C1(C)CC. The molecule has 3 rings (SSSR count). The fourth-order valence-corrected chi connectivity index (χ4v) is 4.09. The molecule has 0 aliphatic carbocycles. The zero-order chi connectivity index (χ0) is 17.8. The highest BCUT2D eigenvalue weighted by molar-refractivity contribution is 5.68. The van der Waals surface area contributed by atoms with E-state index >= 15 is 0 Å². The molecule has 0 saturated heterocycles. The van der Waals surface area contributed by atoms with Gasteiger partial charge in [0, 0.05) is 6.20 Å². The van der Waals surface area contributed by atoms with Gasteiger partial charge in [0.05, 0.1) is 22.5 Å². The Morgan fingerprint density at radius 2 is 2.04 bits per heavy atom. The third-order valence-electron chi connectivity index (χ3n) is 5.62. The van der Waals surface area contributed by atoms with Gasteiger partial charge in [0.15, 0.2) is 5.69 Å². The number of rotatable bonds is 3. The number of hydrogen-bond acceptors (Lipinski definition) is 2. The molecule has 130 valence electrons. The van der Waals surface area contributed by atoms with E-state index in [1.54, 1.807) is 4.68 Å². The van der Waals surface area contributed by atoms with Gasteiger partial charge >= 0.3 is 6.18 Å². The first-order valence-corrected chi connectivity index (χ1v) is 8.23. The quantitative estimate of drug-likeness (QED) is 0.729. The van der Waals surface area contributed by atoms with Crippen LogP contribution >= 0.6 is 0 Å². The van der Waals surface area contributed by atoms with E-state index in [0.29, 0.717) is 25.0 Å². The zero-order valence-corrected chi connectivity index (χ0v) is 14.2. The van der Waals surface area contributed by atoms with E-state index in [4.69, 9.17) is 0 Å². The highest BCUT2D eigenvalue weighted by Gasteiger charge is 2.55. The summed E-state index contributed by atoms with van der Waals surface area (Å²) in [5.41, 5.74) is -0.730. The fraction of sp³-hybridized carbons (Fsp3) is 0.500. The number of nitrogens with zero attached hydrogens (tertiary/aromatic N) is 3. The Kier molecular flexibility index (Phi) is 3.70. The van der Waals surface area contributed by atoms with E-state index in [-0.39, 0.29) is 0 Å². The third-order valence-corrected chi connectivity index (χ3v) is 5.62. The molecule has 2 unspecified atom stereocenters. The topological polar surface area (TPSA) is 21.1 Å². The fourth-order valence-electron chi connectivity index (χ4n) is 4.09. The minimum absolute atomic E-state index is 0.516. The lowest BCUT2D eigenvalue weighted by atomic mass is 9.70. The molecular formula is C18H22F3N3. The number of hydrogen-bond donors (Lipinski definition) is 0. The molecule has 0 fully saturated rings. The van der Waals surface area contributed by atoms with Crippen LogP contribution in [0.2, 0.25) is 0 Å². The van der Waals surface area contributed by atoms with E-state index in [1.165, 1.54) is 0 Å². The van der Waals surface area contributed by atoms with Gasteiger partial charge in [-0.1, -0.05) is 32.1 Å². The third kappa shape index (κ3) is 1.95. The second kappa shape index (κ2) is 5.26. The maximum atomic E-state index is 13.3. The molecule has 3 heterocycles. The van der Waals surface area contributed by atoms with Gasteiger partial charge in [0.1, 0.15) is 0 Å². The summed E-state index contributed by atoms with van der Waals surface area (Å²) in [5, 5.41) is 3.98. The van der Waals surface area contributed by atoms with Crippen LogP contribution in [0, 0.1) is 0 Å². The monoisotopic (exact) mass is 337 g/mol. The van der Waals surface area contributed by atoms with Crippen molar-refractivity contribution in [1.82, 2.24) is 14.7 Å². The highest BCUT2D eigenvalue weighted by Crippen LogP contribution is 2.51. The van der Waals surface area contributed by atoms with Crippen LogP contribution in [0.25, 0.3) is 5.70 Å². The van der Waals surface area contributed by atoms with Crippen molar-refractivity contribution >= 4 is 5.70 Å². The molecule has 1 aromatic rings. The summed E-state index contributed by atoms with van der Waals surface area (Å²) >= 11 is 0. The Labute approximate surface area is 140 Å². The van der Waals surface area contributed by atoms with Crippen LogP contribution < -0.4 is 0 Å². The van der Waals surface area contributed by atoms with Gasteiger partial charge in [0.2, 0.25) is 0 Å². The molecule has 2 atom stereocenters. The largest absolute Gasteiger partial charge is 0.435 e. The van der Waals surface area contributed by atoms with E-state index < -0.39 is 22.9 Å². The lowest BCUT2D eigenvalue weighted by molar-refractivity contribution is -0.142. The van der Waals surface area contributed by atoms with Crippen molar-refractivity contribution in [2.75, 3.05) is 0 Å². The van der Waals surface area contributed by atoms with Crippen molar-refractivity contribution in [3.8, 4) is 0 Å². The molecule has 1 aromatic heterocycles. The van der Waals surface area contributed by atoms with E-state index in [9.17, 15) is 13.2 Å². The molecule has 0 amide bonds. The predicted octanol–water partition coefficient (Wildman–Crippen LogP) is 4.94. The minimum Gasteiger partial charge on any atom is -0.335 e. The Morgan fingerprint density at radius 1 is 1.33 bits per heavy atom. The van der Waals surface area contributed by atoms with Gasteiger partial charge in [-0.2, -0.15) is 18.3 Å². The Morgan fingerprint density at radius 3 is 2.58 bits per heavy atom. The lowest BCUT2D eigenvalue weighted by Crippen LogP contribution is -2.63. The number of fused-ring (bicyclic) bond motifs is 3. The minimum atomic E-state index is -4.46. The molecule has 0 bridgehead atoms. The van der Waals surface area contributed by atoms with Crippen LogP contribution in [0.4, 0.5) is 13.2 Å². The smallest absolute Gasteiger partial charge is 0.335 e. The maximum Gasteiger partial charge on any atom is 0.435 e. The van der Waals surface area contributed by atoms with Crippen molar-refractivity contribution in [3.63, 3.8) is 0 Å². The normalized spacial score (nSPS) is 29.1. The average molecular weight is 337 g/mol. The molecule has 6 heteroatoms. The summed E-state index contributed by atoms with van der Waals surface area (Å²) in [6.45, 7) is 10.0. The summed E-state index contributed by atoms with van der Waals surface area (Å²) in [6, 6.07) is 1.16. The molecule has 24 heavy (non-hydrogen) atoms. The summed E-state index contributed by atoms with van der Waals surface area (Å²) in [6.07, 6.45) is 5.38. The van der Waals surface area contributed by atoms with Gasteiger partial charge in [-0.25, -0.2) is 0 Å². The molecule has 0 radical (unpaired) electrons. The first-order valence-electron chi connectivity index (χ1n) is 8.23. The van der Waals surface area contributed by atoms with Crippen molar-refractivity contribution in [3.05, 3.63) is 48.5 Å². The highest BCUT2D eigenvalue weighted by atomic mass is 19.4.